The Morgan fingerprint density at radius 1 is 1.05 bits per heavy atom. The number of aromatic nitrogens is 4. The summed E-state index contributed by atoms with van der Waals surface area (Å²) in [7, 11) is 0. The van der Waals surface area contributed by atoms with E-state index in [-0.39, 0.29) is 29.9 Å². The van der Waals surface area contributed by atoms with E-state index in [2.05, 4.69) is 36.3 Å². The van der Waals surface area contributed by atoms with E-state index < -0.39 is 29.6 Å². The summed E-state index contributed by atoms with van der Waals surface area (Å²) in [6.45, 7) is 0. The zero-order valence-electron chi connectivity index (χ0n) is 21.1. The molecular weight excluding hydrogens is 509 g/mol. The summed E-state index contributed by atoms with van der Waals surface area (Å²) < 4.78 is 15.5. The molecule has 1 atom stereocenters. The molecule has 3 heterocycles. The number of hydrogen-bond acceptors (Lipinski definition) is 9. The maximum Gasteiger partial charge on any atom is 0.321 e. The second-order valence-electron chi connectivity index (χ2n) is 9.97. The fraction of sp³-hybridized carbons (Fsp3) is 0.440. The number of carboxylic acid groups (broad SMARTS) is 1. The number of nitrogens with one attached hydrogen (secondary N) is 4. The number of aliphatic carboxylic acids is 1. The van der Waals surface area contributed by atoms with Gasteiger partial charge in [-0.25, -0.2) is 13.9 Å². The molecule has 206 valence electrons. The molecule has 2 amide bonds. The van der Waals surface area contributed by atoms with Gasteiger partial charge in [-0.3, -0.25) is 19.4 Å². The molecule has 0 aliphatic heterocycles. The van der Waals surface area contributed by atoms with E-state index in [1.807, 2.05) is 6.07 Å². The number of anilines is 3. The van der Waals surface area contributed by atoms with E-state index in [0.717, 1.165) is 37.6 Å². The highest BCUT2D eigenvalue weighted by molar-refractivity contribution is 6.03. The molecule has 2 fully saturated rings. The fourth-order valence-corrected chi connectivity index (χ4v) is 4.73. The van der Waals surface area contributed by atoms with Gasteiger partial charge in [-0.15, -0.1) is 5.10 Å². The molecule has 0 saturated heterocycles. The van der Waals surface area contributed by atoms with Crippen LogP contribution in [0.3, 0.4) is 0 Å². The number of halogens is 1. The van der Waals surface area contributed by atoms with Crippen molar-refractivity contribution < 1.29 is 23.9 Å². The number of imidazole rings is 1. The van der Waals surface area contributed by atoms with Crippen LogP contribution in [0.1, 0.15) is 55.4 Å². The third-order valence-electron chi connectivity index (χ3n) is 6.88. The number of carboxylic acids is 1. The number of rotatable bonds is 11. The number of carbonyl (C=O) groups is 3. The van der Waals surface area contributed by atoms with Crippen LogP contribution in [0.25, 0.3) is 5.65 Å². The lowest BCUT2D eigenvalue weighted by Gasteiger charge is -2.31. The van der Waals surface area contributed by atoms with Crippen molar-refractivity contribution in [2.45, 2.75) is 69.1 Å². The third kappa shape index (κ3) is 6.39. The van der Waals surface area contributed by atoms with Crippen molar-refractivity contribution in [2.24, 2.45) is 5.73 Å². The normalized spacial score (nSPS) is 19.8. The number of fused-ring (bicyclic) bond motifs is 1. The van der Waals surface area contributed by atoms with Gasteiger partial charge in [0, 0.05) is 30.4 Å². The quantitative estimate of drug-likeness (QED) is 0.209. The van der Waals surface area contributed by atoms with Crippen molar-refractivity contribution in [3.05, 3.63) is 42.2 Å². The van der Waals surface area contributed by atoms with Crippen LogP contribution in [0.5, 0.6) is 0 Å². The fourth-order valence-electron chi connectivity index (χ4n) is 4.73. The monoisotopic (exact) mass is 539 g/mol. The summed E-state index contributed by atoms with van der Waals surface area (Å²) in [6.07, 6.45) is 8.50. The van der Waals surface area contributed by atoms with Gasteiger partial charge in [0.2, 0.25) is 5.91 Å². The van der Waals surface area contributed by atoms with Gasteiger partial charge in [0.05, 0.1) is 30.2 Å². The number of hydrogen-bond donors (Lipinski definition) is 6. The minimum atomic E-state index is -1.10. The molecule has 7 N–H and O–H groups in total. The second-order valence-corrected chi connectivity index (χ2v) is 9.97. The van der Waals surface area contributed by atoms with Gasteiger partial charge in [-0.1, -0.05) is 0 Å². The van der Waals surface area contributed by atoms with Crippen molar-refractivity contribution >= 4 is 40.6 Å². The minimum absolute atomic E-state index is 0.00175. The van der Waals surface area contributed by atoms with E-state index in [1.54, 1.807) is 0 Å². The van der Waals surface area contributed by atoms with Gasteiger partial charge in [0.25, 0.3) is 5.91 Å². The highest BCUT2D eigenvalue weighted by Gasteiger charge is 2.28. The van der Waals surface area contributed by atoms with Gasteiger partial charge in [0.1, 0.15) is 11.9 Å². The predicted octanol–water partition coefficient (Wildman–Crippen LogP) is 1.73. The average Bonchev–Trinajstić information content (AvgIpc) is 3.61. The van der Waals surface area contributed by atoms with Crippen molar-refractivity contribution in [3.8, 4) is 0 Å². The summed E-state index contributed by atoms with van der Waals surface area (Å²) in [4.78, 5) is 43.8. The standard InChI is InChI=1S/C25H30FN9O4/c26-16-11-28-8-7-17(16)33-24(37)20-12-29-23-18(30-13-1-2-13)10-22(34-35(20)23)32-15-5-3-14(4-6-15)31-19(25(38)39)9-21(27)36/h7-8,10-15,19,30-31H,1-6,9H2,(H2,27,36)(H,32,34)(H,38,39)(H,28,33,37)/t14?,15?,19-/m0/s1. The van der Waals surface area contributed by atoms with Crippen LogP contribution in [-0.4, -0.2) is 66.6 Å². The van der Waals surface area contributed by atoms with Gasteiger partial charge in [-0.05, 0) is 44.6 Å². The summed E-state index contributed by atoms with van der Waals surface area (Å²) >= 11 is 0. The van der Waals surface area contributed by atoms with E-state index in [0.29, 0.717) is 30.3 Å². The molecule has 2 aliphatic rings. The zero-order chi connectivity index (χ0) is 27.5. The molecule has 0 radical (unpaired) electrons. The maximum atomic E-state index is 14.0. The van der Waals surface area contributed by atoms with E-state index >= 15 is 0 Å². The van der Waals surface area contributed by atoms with Gasteiger partial charge < -0.3 is 32.1 Å². The molecule has 2 aliphatic carbocycles. The Bertz CT molecular complexity index is 1390. The molecule has 0 bridgehead atoms. The van der Waals surface area contributed by atoms with Crippen LogP contribution >= 0.6 is 0 Å². The summed E-state index contributed by atoms with van der Waals surface area (Å²) in [5.41, 5.74) is 6.54. The zero-order valence-corrected chi connectivity index (χ0v) is 21.1. The summed E-state index contributed by atoms with van der Waals surface area (Å²) in [5.74, 6) is -2.44. The first-order valence-corrected chi connectivity index (χ1v) is 12.9. The van der Waals surface area contributed by atoms with Gasteiger partial charge in [0.15, 0.2) is 17.2 Å². The second kappa shape index (κ2) is 11.2. The van der Waals surface area contributed by atoms with Crippen molar-refractivity contribution in [1.29, 1.82) is 0 Å². The lowest BCUT2D eigenvalue weighted by atomic mass is 9.90. The van der Waals surface area contributed by atoms with Crippen LogP contribution in [0.2, 0.25) is 0 Å². The van der Waals surface area contributed by atoms with E-state index in [4.69, 9.17) is 5.73 Å². The van der Waals surface area contributed by atoms with Crippen LogP contribution in [0, 0.1) is 5.82 Å². The Morgan fingerprint density at radius 3 is 2.41 bits per heavy atom. The Hall–Kier alpha value is -4.33. The third-order valence-corrected chi connectivity index (χ3v) is 6.88. The largest absolute Gasteiger partial charge is 0.480 e. The highest BCUT2D eigenvalue weighted by atomic mass is 19.1. The smallest absolute Gasteiger partial charge is 0.321 e. The first-order chi connectivity index (χ1) is 18.8. The lowest BCUT2D eigenvalue weighted by molar-refractivity contribution is -0.141. The number of nitrogens with zero attached hydrogens (tertiary/aromatic N) is 4. The van der Waals surface area contributed by atoms with Gasteiger partial charge in [-0.2, -0.15) is 0 Å². The number of nitrogens with two attached hydrogens (primary N) is 1. The first-order valence-electron chi connectivity index (χ1n) is 12.9. The van der Waals surface area contributed by atoms with Crippen molar-refractivity contribution in [1.82, 2.24) is 24.9 Å². The lowest BCUT2D eigenvalue weighted by Crippen LogP contribution is -2.47. The SMILES string of the molecule is NC(=O)C[C@H](NC1CCC(Nc2cc(NC3CC3)c3ncc(C(=O)Nc4ccncc4F)n3n2)CC1)C(=O)O. The Balaban J connectivity index is 1.30. The molecular formula is C25H30FN9O4. The maximum absolute atomic E-state index is 14.0. The average molecular weight is 540 g/mol. The molecule has 14 heteroatoms. The molecule has 3 aromatic heterocycles. The molecule has 3 aromatic rings. The Kier molecular flexibility index (Phi) is 7.54. The topological polar surface area (TPSA) is 189 Å². The predicted molar refractivity (Wildman–Crippen MR) is 140 cm³/mol. The van der Waals surface area contributed by atoms with Crippen LogP contribution in [0.15, 0.2) is 30.7 Å². The number of primary amides is 1. The van der Waals surface area contributed by atoms with E-state index in [1.165, 1.54) is 23.0 Å². The summed E-state index contributed by atoms with van der Waals surface area (Å²) in [5, 5.41) is 26.4. The number of carbonyl (C=O) groups excluding carboxylic acids is 2. The minimum Gasteiger partial charge on any atom is -0.480 e. The van der Waals surface area contributed by atoms with Crippen LogP contribution in [-0.2, 0) is 9.59 Å². The molecule has 5 rings (SSSR count). The number of pyridine rings is 1. The molecule has 39 heavy (non-hydrogen) atoms. The van der Waals surface area contributed by atoms with Crippen LogP contribution < -0.4 is 27.0 Å². The van der Waals surface area contributed by atoms with Crippen molar-refractivity contribution in [3.63, 3.8) is 0 Å². The summed E-state index contributed by atoms with van der Waals surface area (Å²) in [6, 6.07) is 2.56. The highest BCUT2D eigenvalue weighted by Crippen LogP contribution is 2.30. The van der Waals surface area contributed by atoms with Crippen LogP contribution in [0.4, 0.5) is 21.6 Å². The molecule has 0 aromatic carbocycles. The number of amides is 2. The Morgan fingerprint density at radius 2 is 1.74 bits per heavy atom. The Labute approximate surface area is 222 Å². The molecule has 13 nitrogen and oxygen atoms in total. The first kappa shape index (κ1) is 26.3. The molecule has 0 spiro atoms. The van der Waals surface area contributed by atoms with E-state index in [9.17, 15) is 23.9 Å². The van der Waals surface area contributed by atoms with Crippen molar-refractivity contribution in [2.75, 3.05) is 16.0 Å². The molecule has 2 saturated carbocycles. The molecule has 0 unspecified atom stereocenters. The van der Waals surface area contributed by atoms with Gasteiger partial charge >= 0.3 is 5.97 Å².